The van der Waals surface area contributed by atoms with Crippen LogP contribution >= 0.6 is 0 Å². The summed E-state index contributed by atoms with van der Waals surface area (Å²) in [5, 5.41) is 14.4. The molecule has 1 unspecified atom stereocenters. The van der Waals surface area contributed by atoms with Gasteiger partial charge in [-0.2, -0.15) is 10.1 Å². The summed E-state index contributed by atoms with van der Waals surface area (Å²) in [6, 6.07) is 6.53. The highest BCUT2D eigenvalue weighted by atomic mass is 15.3. The number of aryl methyl sites for hydroxylation is 2. The third-order valence-electron chi connectivity index (χ3n) is 3.33. The van der Waals surface area contributed by atoms with Crippen LogP contribution in [0, 0.1) is 13.8 Å². The van der Waals surface area contributed by atoms with Crippen molar-refractivity contribution in [2.75, 3.05) is 10.6 Å². The molecule has 5 nitrogen and oxygen atoms in total. The molecule has 0 spiro atoms. The van der Waals surface area contributed by atoms with Crippen molar-refractivity contribution >= 4 is 17.5 Å². The first kappa shape index (κ1) is 14.2. The van der Waals surface area contributed by atoms with Gasteiger partial charge in [-0.15, -0.1) is 5.10 Å². The number of nitrogens with zero attached hydrogens (tertiary/aromatic N) is 3. The maximum absolute atomic E-state index is 4.41. The number of hydrogen-bond acceptors (Lipinski definition) is 5. The Hall–Kier alpha value is -2.17. The minimum Gasteiger partial charge on any atom is -0.366 e. The van der Waals surface area contributed by atoms with Crippen LogP contribution in [0.25, 0.3) is 0 Å². The Morgan fingerprint density at radius 1 is 1.20 bits per heavy atom. The van der Waals surface area contributed by atoms with Crippen LogP contribution in [0.2, 0.25) is 0 Å². The average molecular weight is 271 g/mol. The standard InChI is InChI=1S/C15H21N5/c1-5-12(4)17-14-9-16-20-15(19-14)18-13-7-6-10(2)11(3)8-13/h6-9,12H,5H2,1-4H3,(H2,17,18,19,20). The fraction of sp³-hybridized carbons (Fsp3) is 0.400. The Balaban J connectivity index is 2.12. The van der Waals surface area contributed by atoms with Crippen LogP contribution in [0.15, 0.2) is 24.4 Å². The summed E-state index contributed by atoms with van der Waals surface area (Å²) in [5.41, 5.74) is 3.47. The molecule has 1 aromatic heterocycles. The molecule has 2 rings (SSSR count). The fourth-order valence-electron chi connectivity index (χ4n) is 1.73. The van der Waals surface area contributed by atoms with Crippen molar-refractivity contribution < 1.29 is 0 Å². The Kier molecular flexibility index (Phi) is 4.50. The molecule has 0 amide bonds. The molecule has 0 aliphatic carbocycles. The molecule has 1 aromatic carbocycles. The van der Waals surface area contributed by atoms with Crippen LogP contribution in [0.4, 0.5) is 17.5 Å². The smallest absolute Gasteiger partial charge is 0.249 e. The van der Waals surface area contributed by atoms with Gasteiger partial charge in [0.05, 0.1) is 6.20 Å². The molecule has 106 valence electrons. The van der Waals surface area contributed by atoms with Gasteiger partial charge in [-0.25, -0.2) is 0 Å². The van der Waals surface area contributed by atoms with E-state index in [4.69, 9.17) is 0 Å². The third-order valence-corrected chi connectivity index (χ3v) is 3.33. The van der Waals surface area contributed by atoms with Crippen LogP contribution in [-0.4, -0.2) is 21.2 Å². The van der Waals surface area contributed by atoms with Gasteiger partial charge in [0.25, 0.3) is 0 Å². The molecule has 20 heavy (non-hydrogen) atoms. The van der Waals surface area contributed by atoms with E-state index in [0.29, 0.717) is 12.0 Å². The van der Waals surface area contributed by atoms with E-state index in [2.05, 4.69) is 65.6 Å². The maximum atomic E-state index is 4.41. The highest BCUT2D eigenvalue weighted by Gasteiger charge is 2.04. The molecule has 0 radical (unpaired) electrons. The fourth-order valence-corrected chi connectivity index (χ4v) is 1.73. The highest BCUT2D eigenvalue weighted by molar-refractivity contribution is 5.56. The predicted octanol–water partition coefficient (Wildman–Crippen LogP) is 3.44. The summed E-state index contributed by atoms with van der Waals surface area (Å²) in [6.07, 6.45) is 2.67. The zero-order valence-corrected chi connectivity index (χ0v) is 12.4. The van der Waals surface area contributed by atoms with Crippen molar-refractivity contribution in [3.05, 3.63) is 35.5 Å². The molecular weight excluding hydrogens is 250 g/mol. The second-order valence-electron chi connectivity index (χ2n) is 5.04. The van der Waals surface area contributed by atoms with E-state index in [1.807, 2.05) is 6.07 Å². The Labute approximate surface area is 119 Å². The van der Waals surface area contributed by atoms with Crippen LogP contribution in [0.3, 0.4) is 0 Å². The lowest BCUT2D eigenvalue weighted by atomic mass is 10.1. The Bertz CT molecular complexity index is 582. The minimum atomic E-state index is 0.362. The number of anilines is 3. The van der Waals surface area contributed by atoms with Gasteiger partial charge in [-0.05, 0) is 50.5 Å². The van der Waals surface area contributed by atoms with E-state index >= 15 is 0 Å². The molecule has 5 heteroatoms. The van der Waals surface area contributed by atoms with E-state index in [1.165, 1.54) is 11.1 Å². The van der Waals surface area contributed by atoms with Gasteiger partial charge in [0, 0.05) is 11.7 Å². The molecular formula is C15H21N5. The average Bonchev–Trinajstić information content (AvgIpc) is 2.43. The van der Waals surface area contributed by atoms with Crippen LogP contribution in [0.1, 0.15) is 31.4 Å². The lowest BCUT2D eigenvalue weighted by molar-refractivity contribution is 0.755. The van der Waals surface area contributed by atoms with Gasteiger partial charge in [0.2, 0.25) is 5.95 Å². The molecule has 1 atom stereocenters. The third kappa shape index (κ3) is 3.66. The normalized spacial score (nSPS) is 12.0. The zero-order chi connectivity index (χ0) is 14.5. The van der Waals surface area contributed by atoms with Crippen molar-refractivity contribution in [1.82, 2.24) is 15.2 Å². The minimum absolute atomic E-state index is 0.362. The van der Waals surface area contributed by atoms with E-state index in [0.717, 1.165) is 17.9 Å². The summed E-state index contributed by atoms with van der Waals surface area (Å²) >= 11 is 0. The highest BCUT2D eigenvalue weighted by Crippen LogP contribution is 2.17. The van der Waals surface area contributed by atoms with Gasteiger partial charge in [-0.1, -0.05) is 13.0 Å². The lowest BCUT2D eigenvalue weighted by Gasteiger charge is -2.12. The monoisotopic (exact) mass is 271 g/mol. The van der Waals surface area contributed by atoms with E-state index in [-0.39, 0.29) is 0 Å². The number of rotatable bonds is 5. The van der Waals surface area contributed by atoms with Crippen molar-refractivity contribution in [2.24, 2.45) is 0 Å². The van der Waals surface area contributed by atoms with Crippen molar-refractivity contribution in [3.63, 3.8) is 0 Å². The van der Waals surface area contributed by atoms with Gasteiger partial charge >= 0.3 is 0 Å². The molecule has 0 aliphatic heterocycles. The van der Waals surface area contributed by atoms with Crippen LogP contribution in [-0.2, 0) is 0 Å². The van der Waals surface area contributed by atoms with Crippen LogP contribution < -0.4 is 10.6 Å². The molecule has 0 fully saturated rings. The molecule has 2 N–H and O–H groups in total. The van der Waals surface area contributed by atoms with Gasteiger partial charge in [0.1, 0.15) is 0 Å². The Morgan fingerprint density at radius 3 is 2.70 bits per heavy atom. The number of aromatic nitrogens is 3. The lowest BCUT2D eigenvalue weighted by Crippen LogP contribution is -2.15. The molecule has 2 aromatic rings. The predicted molar refractivity (Wildman–Crippen MR) is 82.4 cm³/mol. The summed E-state index contributed by atoms with van der Waals surface area (Å²) in [6.45, 7) is 8.41. The quantitative estimate of drug-likeness (QED) is 0.872. The molecule has 0 aliphatic rings. The van der Waals surface area contributed by atoms with E-state index in [9.17, 15) is 0 Å². The van der Waals surface area contributed by atoms with E-state index < -0.39 is 0 Å². The second-order valence-corrected chi connectivity index (χ2v) is 5.04. The number of benzene rings is 1. The van der Waals surface area contributed by atoms with Gasteiger partial charge in [-0.3, -0.25) is 0 Å². The van der Waals surface area contributed by atoms with Gasteiger partial charge < -0.3 is 10.6 Å². The summed E-state index contributed by atoms with van der Waals surface area (Å²) in [4.78, 5) is 4.41. The molecule has 0 saturated heterocycles. The van der Waals surface area contributed by atoms with Gasteiger partial charge in [0.15, 0.2) is 5.82 Å². The SMILES string of the molecule is CCC(C)Nc1cnnc(Nc2ccc(C)c(C)c2)n1. The van der Waals surface area contributed by atoms with Crippen molar-refractivity contribution in [2.45, 2.75) is 40.2 Å². The Morgan fingerprint density at radius 2 is 2.00 bits per heavy atom. The first-order valence-electron chi connectivity index (χ1n) is 6.89. The summed E-state index contributed by atoms with van der Waals surface area (Å²) in [5.74, 6) is 1.24. The molecule has 0 bridgehead atoms. The van der Waals surface area contributed by atoms with Crippen molar-refractivity contribution in [1.29, 1.82) is 0 Å². The summed E-state index contributed by atoms with van der Waals surface area (Å²) < 4.78 is 0. The second kappa shape index (κ2) is 6.32. The molecule has 0 saturated carbocycles. The topological polar surface area (TPSA) is 62.7 Å². The number of hydrogen-bond donors (Lipinski definition) is 2. The summed E-state index contributed by atoms with van der Waals surface area (Å²) in [7, 11) is 0. The largest absolute Gasteiger partial charge is 0.366 e. The van der Waals surface area contributed by atoms with E-state index in [1.54, 1.807) is 6.20 Å². The molecule has 1 heterocycles. The van der Waals surface area contributed by atoms with Crippen LogP contribution in [0.5, 0.6) is 0 Å². The maximum Gasteiger partial charge on any atom is 0.249 e. The van der Waals surface area contributed by atoms with Crippen molar-refractivity contribution in [3.8, 4) is 0 Å². The first-order chi connectivity index (χ1) is 9.58. The zero-order valence-electron chi connectivity index (χ0n) is 12.4. The first-order valence-corrected chi connectivity index (χ1v) is 6.89. The number of nitrogens with one attached hydrogen (secondary N) is 2.